The van der Waals surface area contributed by atoms with E-state index >= 15 is 0 Å². The fourth-order valence-electron chi connectivity index (χ4n) is 2.15. The van der Waals surface area contributed by atoms with Crippen molar-refractivity contribution in [3.05, 3.63) is 47.2 Å². The zero-order chi connectivity index (χ0) is 11.3. The molecule has 0 atom stereocenters. The fourth-order valence-corrected chi connectivity index (χ4v) is 2.15. The SMILES string of the molecule is Cc1ccnc2c1C(=O)c1c(O)cccc1-2. The van der Waals surface area contributed by atoms with Crippen LogP contribution in [0.15, 0.2) is 30.5 Å². The Labute approximate surface area is 92.4 Å². The van der Waals surface area contributed by atoms with Gasteiger partial charge in [0.2, 0.25) is 0 Å². The van der Waals surface area contributed by atoms with E-state index in [1.165, 1.54) is 6.07 Å². The van der Waals surface area contributed by atoms with E-state index in [-0.39, 0.29) is 11.5 Å². The highest BCUT2D eigenvalue weighted by molar-refractivity contribution is 6.23. The summed E-state index contributed by atoms with van der Waals surface area (Å²) in [6.45, 7) is 1.88. The molecule has 0 aliphatic heterocycles. The van der Waals surface area contributed by atoms with Crippen molar-refractivity contribution < 1.29 is 9.90 Å². The first-order valence-electron chi connectivity index (χ1n) is 5.03. The van der Waals surface area contributed by atoms with Crippen molar-refractivity contribution >= 4 is 5.78 Å². The number of aromatic nitrogens is 1. The summed E-state index contributed by atoms with van der Waals surface area (Å²) in [5.41, 5.74) is 3.28. The molecule has 0 fully saturated rings. The molecule has 0 radical (unpaired) electrons. The highest BCUT2D eigenvalue weighted by atomic mass is 16.3. The molecule has 1 N–H and O–H groups in total. The molecule has 0 saturated carbocycles. The highest BCUT2D eigenvalue weighted by Crippen LogP contribution is 2.40. The van der Waals surface area contributed by atoms with E-state index in [0.717, 1.165) is 11.1 Å². The van der Waals surface area contributed by atoms with E-state index in [4.69, 9.17) is 0 Å². The Bertz CT molecular complexity index is 564. The average molecular weight is 211 g/mol. The van der Waals surface area contributed by atoms with Crippen LogP contribution in [0.25, 0.3) is 11.3 Å². The molecule has 0 saturated heterocycles. The molecule has 3 nitrogen and oxygen atoms in total. The molecule has 0 unspecified atom stereocenters. The molecule has 0 amide bonds. The van der Waals surface area contributed by atoms with Crippen LogP contribution in [0.3, 0.4) is 0 Å². The zero-order valence-electron chi connectivity index (χ0n) is 8.69. The number of phenols is 1. The fraction of sp³-hybridized carbons (Fsp3) is 0.0769. The predicted octanol–water partition coefficient (Wildman–Crippen LogP) is 2.31. The number of phenolic OH excluding ortho intramolecular Hbond substituents is 1. The second kappa shape index (κ2) is 2.92. The van der Waals surface area contributed by atoms with Crippen LogP contribution in [-0.4, -0.2) is 15.9 Å². The van der Waals surface area contributed by atoms with E-state index in [0.29, 0.717) is 16.8 Å². The first-order valence-corrected chi connectivity index (χ1v) is 5.03. The summed E-state index contributed by atoms with van der Waals surface area (Å²) in [6.07, 6.45) is 1.68. The number of fused-ring (bicyclic) bond motifs is 3. The molecule has 1 aromatic heterocycles. The number of hydrogen-bond acceptors (Lipinski definition) is 3. The van der Waals surface area contributed by atoms with Crippen LogP contribution >= 0.6 is 0 Å². The van der Waals surface area contributed by atoms with Crippen LogP contribution in [0, 0.1) is 6.92 Å². The van der Waals surface area contributed by atoms with E-state index in [1.807, 2.05) is 13.0 Å². The van der Waals surface area contributed by atoms with Gasteiger partial charge in [-0.25, -0.2) is 0 Å². The lowest BCUT2D eigenvalue weighted by atomic mass is 10.1. The van der Waals surface area contributed by atoms with E-state index < -0.39 is 0 Å². The van der Waals surface area contributed by atoms with Gasteiger partial charge in [-0.15, -0.1) is 0 Å². The maximum absolute atomic E-state index is 12.1. The Balaban J connectivity index is 2.44. The summed E-state index contributed by atoms with van der Waals surface area (Å²) >= 11 is 0. The number of ketones is 1. The van der Waals surface area contributed by atoms with Gasteiger partial charge in [0.25, 0.3) is 0 Å². The topological polar surface area (TPSA) is 50.2 Å². The predicted molar refractivity (Wildman–Crippen MR) is 59.5 cm³/mol. The third-order valence-electron chi connectivity index (χ3n) is 2.91. The first kappa shape index (κ1) is 9.09. The number of benzene rings is 1. The lowest BCUT2D eigenvalue weighted by Crippen LogP contribution is -1.98. The summed E-state index contributed by atoms with van der Waals surface area (Å²) in [7, 11) is 0. The molecule has 1 aliphatic rings. The lowest BCUT2D eigenvalue weighted by Gasteiger charge is -1.99. The molecule has 78 valence electrons. The van der Waals surface area contributed by atoms with E-state index in [9.17, 15) is 9.90 Å². The first-order chi connectivity index (χ1) is 7.70. The van der Waals surface area contributed by atoms with Crippen LogP contribution in [0.1, 0.15) is 21.5 Å². The molecular formula is C13H9NO2. The Morgan fingerprint density at radius 1 is 1.19 bits per heavy atom. The van der Waals surface area contributed by atoms with Crippen molar-refractivity contribution in [2.24, 2.45) is 0 Å². The number of hydrogen-bond donors (Lipinski definition) is 1. The largest absolute Gasteiger partial charge is 0.507 e. The minimum Gasteiger partial charge on any atom is -0.507 e. The number of aromatic hydroxyl groups is 1. The number of rotatable bonds is 0. The van der Waals surface area contributed by atoms with E-state index in [1.54, 1.807) is 18.3 Å². The molecule has 1 aromatic carbocycles. The molecule has 3 heteroatoms. The lowest BCUT2D eigenvalue weighted by molar-refractivity contribution is 0.104. The molecule has 2 aromatic rings. The van der Waals surface area contributed by atoms with Gasteiger partial charge in [-0.3, -0.25) is 9.78 Å². The van der Waals surface area contributed by atoms with Gasteiger partial charge >= 0.3 is 0 Å². The van der Waals surface area contributed by atoms with Crippen molar-refractivity contribution in [3.63, 3.8) is 0 Å². The Morgan fingerprint density at radius 2 is 2.00 bits per heavy atom. The third-order valence-corrected chi connectivity index (χ3v) is 2.91. The molecular weight excluding hydrogens is 202 g/mol. The molecule has 16 heavy (non-hydrogen) atoms. The standard InChI is InChI=1S/C13H9NO2/c1-7-5-6-14-12-8-3-2-4-9(15)11(8)13(16)10(7)12/h2-6,15H,1H3. The number of nitrogens with zero attached hydrogens (tertiary/aromatic N) is 1. The van der Waals surface area contributed by atoms with Gasteiger partial charge in [-0.2, -0.15) is 0 Å². The summed E-state index contributed by atoms with van der Waals surface area (Å²) in [6, 6.07) is 6.86. The van der Waals surface area contributed by atoms with Gasteiger partial charge in [-0.1, -0.05) is 12.1 Å². The summed E-state index contributed by atoms with van der Waals surface area (Å²) < 4.78 is 0. The van der Waals surface area contributed by atoms with Crippen molar-refractivity contribution in [3.8, 4) is 17.0 Å². The molecule has 0 bridgehead atoms. The summed E-state index contributed by atoms with van der Waals surface area (Å²) in [5, 5.41) is 9.72. The van der Waals surface area contributed by atoms with Gasteiger partial charge in [0.15, 0.2) is 5.78 Å². The molecule has 3 rings (SSSR count). The summed E-state index contributed by atoms with van der Waals surface area (Å²) in [5.74, 6) is -0.103. The van der Waals surface area contributed by atoms with Crippen molar-refractivity contribution in [2.45, 2.75) is 6.92 Å². The maximum Gasteiger partial charge on any atom is 0.199 e. The second-order valence-corrected chi connectivity index (χ2v) is 3.88. The van der Waals surface area contributed by atoms with Crippen molar-refractivity contribution in [1.82, 2.24) is 4.98 Å². The van der Waals surface area contributed by atoms with Gasteiger partial charge in [0.1, 0.15) is 5.75 Å². The van der Waals surface area contributed by atoms with Gasteiger partial charge < -0.3 is 5.11 Å². The van der Waals surface area contributed by atoms with Crippen LogP contribution in [0.2, 0.25) is 0 Å². The number of aryl methyl sites for hydroxylation is 1. The zero-order valence-corrected chi connectivity index (χ0v) is 8.69. The number of carbonyl (C=O) groups is 1. The van der Waals surface area contributed by atoms with Gasteiger partial charge in [-0.05, 0) is 24.6 Å². The Kier molecular flexibility index (Phi) is 1.66. The monoisotopic (exact) mass is 211 g/mol. The third kappa shape index (κ3) is 0.972. The average Bonchev–Trinajstić information content (AvgIpc) is 2.56. The summed E-state index contributed by atoms with van der Waals surface area (Å²) in [4.78, 5) is 16.4. The Hall–Kier alpha value is -2.16. The van der Waals surface area contributed by atoms with Crippen molar-refractivity contribution in [2.75, 3.05) is 0 Å². The molecule has 1 heterocycles. The van der Waals surface area contributed by atoms with Crippen molar-refractivity contribution in [1.29, 1.82) is 0 Å². The van der Waals surface area contributed by atoms with Crippen LogP contribution < -0.4 is 0 Å². The van der Waals surface area contributed by atoms with Crippen LogP contribution in [0.4, 0.5) is 0 Å². The van der Waals surface area contributed by atoms with Crippen LogP contribution in [0.5, 0.6) is 5.75 Å². The quantitative estimate of drug-likeness (QED) is 0.620. The normalized spacial score (nSPS) is 12.4. The molecule has 0 spiro atoms. The van der Waals surface area contributed by atoms with E-state index in [2.05, 4.69) is 4.98 Å². The minimum atomic E-state index is -0.131. The van der Waals surface area contributed by atoms with Crippen LogP contribution in [-0.2, 0) is 0 Å². The smallest absolute Gasteiger partial charge is 0.199 e. The highest BCUT2D eigenvalue weighted by Gasteiger charge is 2.31. The Morgan fingerprint density at radius 3 is 2.81 bits per heavy atom. The molecule has 1 aliphatic carbocycles. The minimum absolute atomic E-state index is 0.0277. The number of pyridine rings is 1. The van der Waals surface area contributed by atoms with Gasteiger partial charge in [0, 0.05) is 11.8 Å². The van der Waals surface area contributed by atoms with Gasteiger partial charge in [0.05, 0.1) is 16.8 Å². The number of carbonyl (C=O) groups excluding carboxylic acids is 1. The maximum atomic E-state index is 12.1. The second-order valence-electron chi connectivity index (χ2n) is 3.88.